The number of hydrogen-bond donors (Lipinski definition) is 1. The highest BCUT2D eigenvalue weighted by Crippen LogP contribution is 2.20. The van der Waals surface area contributed by atoms with Crippen molar-refractivity contribution in [3.8, 4) is 0 Å². The highest BCUT2D eigenvalue weighted by molar-refractivity contribution is 5.87. The van der Waals surface area contributed by atoms with Gasteiger partial charge < -0.3 is 10.5 Å². The van der Waals surface area contributed by atoms with Gasteiger partial charge in [-0.3, -0.25) is 9.69 Å². The molecule has 0 spiro atoms. The monoisotopic (exact) mass is 254 g/mol. The Labute approximate surface area is 95.7 Å². The number of halogens is 3. The summed E-state index contributed by atoms with van der Waals surface area (Å²) in [6, 6.07) is 0. The van der Waals surface area contributed by atoms with Crippen molar-refractivity contribution in [3.63, 3.8) is 0 Å². The Hall–Kier alpha value is -1.15. The van der Waals surface area contributed by atoms with Crippen LogP contribution in [0.1, 0.15) is 12.8 Å². The lowest BCUT2D eigenvalue weighted by Gasteiger charge is -2.25. The Morgan fingerprint density at radius 1 is 1.29 bits per heavy atom. The number of nitrogens with zero attached hydrogens (tertiary/aromatic N) is 1. The fourth-order valence-corrected chi connectivity index (χ4v) is 1.59. The summed E-state index contributed by atoms with van der Waals surface area (Å²) in [6.45, 7) is 0.370. The lowest BCUT2D eigenvalue weighted by molar-refractivity contribution is -0.212. The van der Waals surface area contributed by atoms with Crippen molar-refractivity contribution in [2.45, 2.75) is 25.2 Å². The molecule has 0 bridgehead atoms. The zero-order valence-corrected chi connectivity index (χ0v) is 9.00. The number of esters is 1. The molecule has 0 aromatic rings. The lowest BCUT2D eigenvalue weighted by atomic mass is 10.3. The summed E-state index contributed by atoms with van der Waals surface area (Å²) in [6.07, 6.45) is -5.13. The zero-order valence-electron chi connectivity index (χ0n) is 9.00. The van der Waals surface area contributed by atoms with E-state index >= 15 is 0 Å². The predicted octanol–water partition coefficient (Wildman–Crippen LogP) is 0.0416. The van der Waals surface area contributed by atoms with Crippen LogP contribution in [0, 0.1) is 0 Å². The molecule has 0 aromatic carbocycles. The zero-order chi connectivity index (χ0) is 13.1. The van der Waals surface area contributed by atoms with Crippen molar-refractivity contribution < 1.29 is 27.5 Å². The van der Waals surface area contributed by atoms with Gasteiger partial charge in [0.2, 0.25) is 12.0 Å². The fraction of sp³-hybridized carbons (Fsp3) is 0.778. The van der Waals surface area contributed by atoms with Crippen LogP contribution in [0.2, 0.25) is 0 Å². The number of ketones is 1. The average molecular weight is 254 g/mol. The summed E-state index contributed by atoms with van der Waals surface area (Å²) in [7, 11) is 0. The molecule has 1 saturated heterocycles. The highest BCUT2D eigenvalue weighted by atomic mass is 19.4. The first-order chi connectivity index (χ1) is 7.86. The van der Waals surface area contributed by atoms with Crippen LogP contribution in [0.4, 0.5) is 13.2 Å². The first-order valence-electron chi connectivity index (χ1n) is 5.11. The van der Waals surface area contributed by atoms with E-state index in [1.807, 2.05) is 0 Å². The third-order valence-corrected chi connectivity index (χ3v) is 2.40. The van der Waals surface area contributed by atoms with E-state index in [1.54, 1.807) is 0 Å². The number of likely N-dealkylation sites (tertiary alicyclic amines) is 1. The van der Waals surface area contributed by atoms with E-state index in [1.165, 1.54) is 4.90 Å². The molecule has 1 aliphatic rings. The van der Waals surface area contributed by atoms with Crippen LogP contribution in [0.25, 0.3) is 0 Å². The normalized spacial score (nSPS) is 19.1. The third kappa shape index (κ3) is 3.67. The van der Waals surface area contributed by atoms with Gasteiger partial charge in [0.1, 0.15) is 0 Å². The van der Waals surface area contributed by atoms with E-state index in [0.717, 1.165) is 12.8 Å². The first kappa shape index (κ1) is 13.9. The molecule has 1 aliphatic heterocycles. The van der Waals surface area contributed by atoms with Crippen molar-refractivity contribution in [2.24, 2.45) is 5.73 Å². The fourth-order valence-electron chi connectivity index (χ4n) is 1.59. The van der Waals surface area contributed by atoms with Crippen molar-refractivity contribution in [1.29, 1.82) is 0 Å². The largest absolute Gasteiger partial charge is 0.490 e. The number of nitrogens with two attached hydrogens (primary N) is 1. The Morgan fingerprint density at radius 3 is 2.24 bits per heavy atom. The quantitative estimate of drug-likeness (QED) is 0.717. The lowest BCUT2D eigenvalue weighted by Crippen LogP contribution is -2.47. The van der Waals surface area contributed by atoms with Crippen LogP contribution >= 0.6 is 0 Å². The van der Waals surface area contributed by atoms with E-state index in [-0.39, 0.29) is 0 Å². The van der Waals surface area contributed by atoms with Gasteiger partial charge in [-0.2, -0.15) is 13.2 Å². The summed E-state index contributed by atoms with van der Waals surface area (Å²) in [5.41, 5.74) is 5.08. The minimum atomic E-state index is -5.10. The molecule has 1 heterocycles. The summed E-state index contributed by atoms with van der Waals surface area (Å²) in [5.74, 6) is -3.10. The van der Waals surface area contributed by atoms with E-state index in [0.29, 0.717) is 13.1 Å². The van der Waals surface area contributed by atoms with E-state index in [9.17, 15) is 22.8 Å². The van der Waals surface area contributed by atoms with Gasteiger partial charge in [0.15, 0.2) is 0 Å². The third-order valence-electron chi connectivity index (χ3n) is 2.40. The molecule has 0 saturated carbocycles. The molecule has 1 unspecified atom stereocenters. The molecular weight excluding hydrogens is 241 g/mol. The Morgan fingerprint density at radius 2 is 1.82 bits per heavy atom. The SMILES string of the molecule is NCC(=O)C(OC(=O)C(F)(F)F)N1CCCC1. The maximum absolute atomic E-state index is 12.0. The summed E-state index contributed by atoms with van der Waals surface area (Å²) in [4.78, 5) is 23.4. The standard InChI is InChI=1S/C9H13F3N2O3/c10-9(11,12)8(16)17-7(6(15)5-13)14-3-1-2-4-14/h7H,1-5,13H2. The van der Waals surface area contributed by atoms with Gasteiger partial charge in [0, 0.05) is 13.1 Å². The van der Waals surface area contributed by atoms with Gasteiger partial charge in [-0.25, -0.2) is 4.79 Å². The molecule has 1 fully saturated rings. The number of carbonyl (C=O) groups excluding carboxylic acids is 2. The molecule has 1 rings (SSSR count). The number of ether oxygens (including phenoxy) is 1. The Balaban J connectivity index is 2.70. The number of hydrogen-bond acceptors (Lipinski definition) is 5. The van der Waals surface area contributed by atoms with Crippen LogP contribution in [0.15, 0.2) is 0 Å². The maximum Gasteiger partial charge on any atom is 0.490 e. The van der Waals surface area contributed by atoms with E-state index in [2.05, 4.69) is 4.74 Å². The molecule has 0 aliphatic carbocycles. The molecule has 17 heavy (non-hydrogen) atoms. The topological polar surface area (TPSA) is 72.6 Å². The number of Topliss-reactive ketones (excluding diaryl/α,β-unsaturated/α-hetero) is 1. The maximum atomic E-state index is 12.0. The highest BCUT2D eigenvalue weighted by Gasteiger charge is 2.44. The second-order valence-corrected chi connectivity index (χ2v) is 3.67. The predicted molar refractivity (Wildman–Crippen MR) is 50.8 cm³/mol. The van der Waals surface area contributed by atoms with Crippen LogP contribution in [-0.2, 0) is 14.3 Å². The Kier molecular flexibility index (Phi) is 4.47. The molecule has 0 aromatic heterocycles. The van der Waals surface area contributed by atoms with Crippen LogP contribution < -0.4 is 5.73 Å². The van der Waals surface area contributed by atoms with Gasteiger partial charge in [-0.15, -0.1) is 0 Å². The molecule has 1 atom stereocenters. The second kappa shape index (κ2) is 5.46. The molecule has 0 radical (unpaired) electrons. The van der Waals surface area contributed by atoms with Gasteiger partial charge in [-0.1, -0.05) is 0 Å². The average Bonchev–Trinajstić information content (AvgIpc) is 2.76. The molecule has 2 N–H and O–H groups in total. The smallest absolute Gasteiger partial charge is 0.432 e. The molecule has 98 valence electrons. The van der Waals surface area contributed by atoms with Crippen molar-refractivity contribution in [3.05, 3.63) is 0 Å². The van der Waals surface area contributed by atoms with E-state index in [4.69, 9.17) is 5.73 Å². The number of alkyl halides is 3. The first-order valence-corrected chi connectivity index (χ1v) is 5.11. The minimum Gasteiger partial charge on any atom is -0.432 e. The molecule has 0 amide bonds. The van der Waals surface area contributed by atoms with Gasteiger partial charge in [0.25, 0.3) is 0 Å². The second-order valence-electron chi connectivity index (χ2n) is 3.67. The van der Waals surface area contributed by atoms with Crippen molar-refractivity contribution in [2.75, 3.05) is 19.6 Å². The Bertz CT molecular complexity index is 300. The van der Waals surface area contributed by atoms with Crippen LogP contribution in [0.5, 0.6) is 0 Å². The van der Waals surface area contributed by atoms with E-state index < -0.39 is 30.7 Å². The summed E-state index contributed by atoms with van der Waals surface area (Å²) in [5, 5.41) is 0. The minimum absolute atomic E-state index is 0.418. The van der Waals surface area contributed by atoms with Gasteiger partial charge >= 0.3 is 12.1 Å². The van der Waals surface area contributed by atoms with Crippen LogP contribution in [0.3, 0.4) is 0 Å². The molecule has 8 heteroatoms. The number of rotatable bonds is 4. The summed E-state index contributed by atoms with van der Waals surface area (Å²) >= 11 is 0. The molecular formula is C9H13F3N2O3. The van der Waals surface area contributed by atoms with Crippen LogP contribution in [-0.4, -0.2) is 48.7 Å². The summed E-state index contributed by atoms with van der Waals surface area (Å²) < 4.78 is 40.3. The molecule has 5 nitrogen and oxygen atoms in total. The number of carbonyl (C=O) groups is 2. The van der Waals surface area contributed by atoms with Crippen molar-refractivity contribution in [1.82, 2.24) is 4.90 Å². The van der Waals surface area contributed by atoms with Crippen molar-refractivity contribution >= 4 is 11.8 Å². The van der Waals surface area contributed by atoms with Gasteiger partial charge in [0.05, 0.1) is 6.54 Å². The van der Waals surface area contributed by atoms with Gasteiger partial charge in [-0.05, 0) is 12.8 Å².